The van der Waals surface area contributed by atoms with E-state index in [1.54, 1.807) is 24.3 Å². The molecule has 2 aromatic carbocycles. The number of carbonyl (C=O) groups is 1. The third kappa shape index (κ3) is 6.35. The number of nitrogens with one attached hydrogen (secondary N) is 1. The molecule has 9 heteroatoms. The van der Waals surface area contributed by atoms with Crippen molar-refractivity contribution in [3.8, 4) is 5.75 Å². The molecule has 2 aromatic rings. The Morgan fingerprint density at radius 1 is 1.10 bits per heavy atom. The Kier molecular flexibility index (Phi) is 7.58. The highest BCUT2D eigenvalue weighted by Gasteiger charge is 2.26. The molecule has 0 saturated carbocycles. The maximum Gasteiger partial charge on any atom is 0.257 e. The molecule has 1 fully saturated rings. The average Bonchev–Trinajstić information content (AvgIpc) is 2.73. The normalized spacial score (nSPS) is 15.1. The van der Waals surface area contributed by atoms with Crippen molar-refractivity contribution in [2.24, 2.45) is 0 Å². The van der Waals surface area contributed by atoms with Crippen LogP contribution in [0.25, 0.3) is 0 Å². The number of piperazine rings is 1. The Labute approximate surface area is 182 Å². The van der Waals surface area contributed by atoms with Crippen molar-refractivity contribution in [2.75, 3.05) is 50.0 Å². The number of benzene rings is 2. The predicted molar refractivity (Wildman–Crippen MR) is 119 cm³/mol. The van der Waals surface area contributed by atoms with Gasteiger partial charge in [0.05, 0.1) is 5.75 Å². The topological polar surface area (TPSA) is 79.0 Å². The van der Waals surface area contributed by atoms with Crippen LogP contribution in [-0.2, 0) is 14.8 Å². The van der Waals surface area contributed by atoms with E-state index in [1.165, 1.54) is 9.87 Å². The molecule has 162 valence electrons. The van der Waals surface area contributed by atoms with Crippen molar-refractivity contribution in [3.63, 3.8) is 0 Å². The van der Waals surface area contributed by atoms with Crippen LogP contribution < -0.4 is 15.0 Å². The zero-order valence-corrected chi connectivity index (χ0v) is 18.5. The average molecular weight is 452 g/mol. The van der Waals surface area contributed by atoms with E-state index in [-0.39, 0.29) is 24.8 Å². The molecule has 7 nitrogen and oxygen atoms in total. The molecule has 1 aliphatic rings. The summed E-state index contributed by atoms with van der Waals surface area (Å²) in [5.74, 6) is 0.0162. The van der Waals surface area contributed by atoms with E-state index >= 15 is 0 Å². The van der Waals surface area contributed by atoms with E-state index in [9.17, 15) is 13.2 Å². The van der Waals surface area contributed by atoms with Gasteiger partial charge in [0, 0.05) is 43.4 Å². The molecule has 0 aliphatic carbocycles. The Bertz CT molecular complexity index is 958. The number of hydrogen-bond acceptors (Lipinski definition) is 5. The van der Waals surface area contributed by atoms with Gasteiger partial charge in [0.1, 0.15) is 5.75 Å². The summed E-state index contributed by atoms with van der Waals surface area (Å²) >= 11 is 5.80. The number of nitrogens with zero attached hydrogens (tertiary/aromatic N) is 2. The summed E-state index contributed by atoms with van der Waals surface area (Å²) in [5.41, 5.74) is 2.29. The monoisotopic (exact) mass is 451 g/mol. The maximum absolute atomic E-state index is 12.6. The summed E-state index contributed by atoms with van der Waals surface area (Å²) in [7, 11) is -3.43. The number of aryl methyl sites for hydroxylation is 1. The van der Waals surface area contributed by atoms with Gasteiger partial charge in [-0.25, -0.2) is 8.42 Å². The first-order chi connectivity index (χ1) is 14.3. The number of hydrogen-bond donors (Lipinski definition) is 1. The molecule has 0 unspecified atom stereocenters. The fraction of sp³-hybridized carbons (Fsp3) is 0.381. The Morgan fingerprint density at radius 3 is 2.47 bits per heavy atom. The highest BCUT2D eigenvalue weighted by molar-refractivity contribution is 7.89. The summed E-state index contributed by atoms with van der Waals surface area (Å²) in [6.45, 7) is 4.06. The lowest BCUT2D eigenvalue weighted by Gasteiger charge is -2.35. The van der Waals surface area contributed by atoms with Gasteiger partial charge < -0.3 is 15.0 Å². The van der Waals surface area contributed by atoms with Gasteiger partial charge in [-0.3, -0.25) is 4.79 Å². The molecular formula is C21H26ClN3O4S. The molecule has 1 amide bonds. The Hall–Kier alpha value is -2.29. The van der Waals surface area contributed by atoms with Crippen LogP contribution in [0, 0.1) is 6.92 Å². The molecule has 1 N–H and O–H groups in total. The first-order valence-electron chi connectivity index (χ1n) is 9.78. The zero-order chi connectivity index (χ0) is 21.6. The highest BCUT2D eigenvalue weighted by Crippen LogP contribution is 2.19. The van der Waals surface area contributed by atoms with Gasteiger partial charge in [0.15, 0.2) is 6.61 Å². The molecule has 0 bridgehead atoms. The third-order valence-electron chi connectivity index (χ3n) is 4.86. The summed E-state index contributed by atoms with van der Waals surface area (Å²) in [5, 5.41) is 3.17. The van der Waals surface area contributed by atoms with Gasteiger partial charge >= 0.3 is 0 Å². The molecule has 0 radical (unpaired) electrons. The standard InChI is InChI=1S/C21H26ClN3O4S/c1-17-3-2-4-19(15-17)24-10-12-25(13-11-24)30(27,28)14-9-23-21(26)16-29-20-7-5-18(22)6-8-20/h2-8,15H,9-14,16H2,1H3,(H,23,26). The van der Waals surface area contributed by atoms with Crippen LogP contribution in [0.1, 0.15) is 5.56 Å². The van der Waals surface area contributed by atoms with Crippen molar-refractivity contribution in [3.05, 3.63) is 59.1 Å². The molecule has 3 rings (SSSR count). The molecule has 1 aliphatic heterocycles. The molecule has 0 spiro atoms. The number of amides is 1. The second-order valence-electron chi connectivity index (χ2n) is 7.13. The van der Waals surface area contributed by atoms with Gasteiger partial charge in [-0.1, -0.05) is 23.7 Å². The Morgan fingerprint density at radius 2 is 1.80 bits per heavy atom. The van der Waals surface area contributed by atoms with E-state index in [1.807, 2.05) is 25.1 Å². The number of anilines is 1. The summed E-state index contributed by atoms with van der Waals surface area (Å²) in [6, 6.07) is 14.9. The lowest BCUT2D eigenvalue weighted by atomic mass is 10.2. The number of ether oxygens (including phenoxy) is 1. The largest absolute Gasteiger partial charge is 0.484 e. The van der Waals surface area contributed by atoms with Crippen LogP contribution in [0.15, 0.2) is 48.5 Å². The first kappa shape index (κ1) is 22.4. The lowest BCUT2D eigenvalue weighted by molar-refractivity contribution is -0.122. The highest BCUT2D eigenvalue weighted by atomic mass is 35.5. The minimum atomic E-state index is -3.43. The van der Waals surface area contributed by atoms with Gasteiger partial charge in [-0.15, -0.1) is 0 Å². The summed E-state index contributed by atoms with van der Waals surface area (Å²) in [6.07, 6.45) is 0. The van der Waals surface area contributed by atoms with Crippen molar-refractivity contribution >= 4 is 33.2 Å². The van der Waals surface area contributed by atoms with E-state index in [0.717, 1.165) is 5.69 Å². The van der Waals surface area contributed by atoms with Crippen molar-refractivity contribution in [2.45, 2.75) is 6.92 Å². The molecule has 0 atom stereocenters. The second-order valence-corrected chi connectivity index (χ2v) is 9.66. The van der Waals surface area contributed by atoms with E-state index in [4.69, 9.17) is 16.3 Å². The van der Waals surface area contributed by atoms with Crippen LogP contribution in [0.2, 0.25) is 5.02 Å². The molecule has 30 heavy (non-hydrogen) atoms. The van der Waals surface area contributed by atoms with E-state index < -0.39 is 10.0 Å². The molecule has 0 aromatic heterocycles. The van der Waals surface area contributed by atoms with Crippen molar-refractivity contribution in [1.82, 2.24) is 9.62 Å². The zero-order valence-electron chi connectivity index (χ0n) is 16.9. The third-order valence-corrected chi connectivity index (χ3v) is 6.99. The predicted octanol–water partition coefficient (Wildman–Crippen LogP) is 2.30. The van der Waals surface area contributed by atoms with Crippen LogP contribution in [-0.4, -0.2) is 63.7 Å². The summed E-state index contributed by atoms with van der Waals surface area (Å²) in [4.78, 5) is 14.1. The maximum atomic E-state index is 12.6. The van der Waals surface area contributed by atoms with Crippen LogP contribution >= 0.6 is 11.6 Å². The Balaban J connectivity index is 1.40. The number of sulfonamides is 1. The van der Waals surface area contributed by atoms with Crippen LogP contribution in [0.4, 0.5) is 5.69 Å². The smallest absolute Gasteiger partial charge is 0.257 e. The molecule has 1 heterocycles. The van der Waals surface area contributed by atoms with Gasteiger partial charge in [0.2, 0.25) is 10.0 Å². The van der Waals surface area contributed by atoms with Crippen molar-refractivity contribution < 1.29 is 17.9 Å². The van der Waals surface area contributed by atoms with Crippen LogP contribution in [0.3, 0.4) is 0 Å². The lowest BCUT2D eigenvalue weighted by Crippen LogP contribution is -2.50. The van der Waals surface area contributed by atoms with E-state index in [2.05, 4.69) is 16.3 Å². The fourth-order valence-corrected chi connectivity index (χ4v) is 4.69. The minimum Gasteiger partial charge on any atom is -0.484 e. The summed E-state index contributed by atoms with van der Waals surface area (Å²) < 4.78 is 32.0. The van der Waals surface area contributed by atoms with Gasteiger partial charge in [-0.05, 0) is 48.9 Å². The molecule has 1 saturated heterocycles. The van der Waals surface area contributed by atoms with Gasteiger partial charge in [0.25, 0.3) is 5.91 Å². The van der Waals surface area contributed by atoms with Gasteiger partial charge in [-0.2, -0.15) is 4.31 Å². The number of carbonyl (C=O) groups excluding carboxylic acids is 1. The molecular weight excluding hydrogens is 426 g/mol. The fourth-order valence-electron chi connectivity index (χ4n) is 3.23. The van der Waals surface area contributed by atoms with Crippen LogP contribution in [0.5, 0.6) is 5.75 Å². The number of halogens is 1. The quantitative estimate of drug-likeness (QED) is 0.666. The number of rotatable bonds is 8. The van der Waals surface area contributed by atoms with Crippen molar-refractivity contribution in [1.29, 1.82) is 0 Å². The second kappa shape index (κ2) is 10.1. The first-order valence-corrected chi connectivity index (χ1v) is 11.8. The SMILES string of the molecule is Cc1cccc(N2CCN(S(=O)(=O)CCNC(=O)COc3ccc(Cl)cc3)CC2)c1. The minimum absolute atomic E-state index is 0.0449. The van der Waals surface area contributed by atoms with E-state index in [0.29, 0.717) is 37.0 Å².